The molecule has 1 aromatic heterocycles. The van der Waals surface area contributed by atoms with Gasteiger partial charge in [-0.2, -0.15) is 5.10 Å². The van der Waals surface area contributed by atoms with Crippen LogP contribution in [0.2, 0.25) is 0 Å². The van der Waals surface area contributed by atoms with Crippen LogP contribution in [0.3, 0.4) is 0 Å². The lowest BCUT2D eigenvalue weighted by Gasteiger charge is -2.19. The summed E-state index contributed by atoms with van der Waals surface area (Å²) in [7, 11) is 0. The van der Waals surface area contributed by atoms with Crippen LogP contribution in [0.5, 0.6) is 0 Å². The summed E-state index contributed by atoms with van der Waals surface area (Å²) in [6.07, 6.45) is 4.57. The van der Waals surface area contributed by atoms with Crippen LogP contribution in [-0.4, -0.2) is 27.1 Å². The molecular formula is C15H20N2O3. The number of ether oxygens (including phenoxy) is 1. The number of hydrogen-bond acceptors (Lipinski definition) is 4. The number of aromatic nitrogens is 2. The number of allylic oxidation sites excluding steroid dienone is 1. The molecule has 0 bridgehead atoms. The first kappa shape index (κ1) is 14.5. The van der Waals surface area contributed by atoms with E-state index in [1.165, 1.54) is 0 Å². The highest BCUT2D eigenvalue weighted by Crippen LogP contribution is 2.22. The van der Waals surface area contributed by atoms with E-state index in [9.17, 15) is 9.59 Å². The summed E-state index contributed by atoms with van der Waals surface area (Å²) in [5.41, 5.74) is 1.42. The van der Waals surface area contributed by atoms with Crippen molar-refractivity contribution in [3.05, 3.63) is 23.0 Å². The number of nitrogens with zero attached hydrogens (tertiary/aromatic N) is 2. The lowest BCUT2D eigenvalue weighted by Crippen LogP contribution is -2.25. The van der Waals surface area contributed by atoms with Crippen molar-refractivity contribution in [1.29, 1.82) is 0 Å². The van der Waals surface area contributed by atoms with Crippen molar-refractivity contribution in [3.8, 4) is 0 Å². The minimum absolute atomic E-state index is 0.232. The van der Waals surface area contributed by atoms with Crippen LogP contribution in [-0.2, 0) is 16.1 Å². The van der Waals surface area contributed by atoms with E-state index in [4.69, 9.17) is 4.74 Å². The number of ketones is 1. The van der Waals surface area contributed by atoms with Gasteiger partial charge in [0.05, 0.1) is 17.0 Å². The number of aryl methyl sites for hydroxylation is 2. The highest BCUT2D eigenvalue weighted by Gasteiger charge is 2.25. The molecule has 2 rings (SSSR count). The Bertz CT molecular complexity index is 577. The van der Waals surface area contributed by atoms with Crippen molar-refractivity contribution in [1.82, 2.24) is 9.78 Å². The number of rotatable bonds is 3. The van der Waals surface area contributed by atoms with Crippen molar-refractivity contribution in [2.75, 3.05) is 0 Å². The zero-order chi connectivity index (χ0) is 14.9. The van der Waals surface area contributed by atoms with Crippen LogP contribution in [0, 0.1) is 6.92 Å². The second-order valence-corrected chi connectivity index (χ2v) is 5.95. The summed E-state index contributed by atoms with van der Waals surface area (Å²) in [4.78, 5) is 24.1. The lowest BCUT2D eigenvalue weighted by molar-refractivity contribution is -0.153. The highest BCUT2D eigenvalue weighted by molar-refractivity contribution is 6.08. The second kappa shape index (κ2) is 5.23. The maximum absolute atomic E-state index is 12.3. The van der Waals surface area contributed by atoms with Gasteiger partial charge in [0.15, 0.2) is 5.78 Å². The molecule has 0 unspecified atom stereocenters. The maximum atomic E-state index is 12.3. The fourth-order valence-corrected chi connectivity index (χ4v) is 2.27. The van der Waals surface area contributed by atoms with Gasteiger partial charge in [-0.1, -0.05) is 6.08 Å². The van der Waals surface area contributed by atoms with Gasteiger partial charge in [0, 0.05) is 6.54 Å². The van der Waals surface area contributed by atoms with Crippen LogP contribution in [0.1, 0.15) is 55.4 Å². The molecule has 20 heavy (non-hydrogen) atoms. The largest absolute Gasteiger partial charge is 0.460 e. The Morgan fingerprint density at radius 3 is 2.75 bits per heavy atom. The van der Waals surface area contributed by atoms with Crippen LogP contribution in [0.4, 0.5) is 0 Å². The molecule has 2 heterocycles. The normalized spacial score (nSPS) is 14.0. The Morgan fingerprint density at radius 1 is 1.40 bits per heavy atom. The Balaban J connectivity index is 2.17. The molecule has 0 radical (unpaired) electrons. The number of carbonyl (C=O) groups is 2. The first-order valence-corrected chi connectivity index (χ1v) is 6.77. The predicted molar refractivity (Wildman–Crippen MR) is 75.4 cm³/mol. The molecule has 0 fully saturated rings. The zero-order valence-electron chi connectivity index (χ0n) is 12.4. The van der Waals surface area contributed by atoms with Gasteiger partial charge in [0.25, 0.3) is 0 Å². The Labute approximate surface area is 118 Å². The Kier molecular flexibility index (Phi) is 3.79. The van der Waals surface area contributed by atoms with Gasteiger partial charge in [0.1, 0.15) is 12.0 Å². The summed E-state index contributed by atoms with van der Waals surface area (Å²) >= 11 is 0. The highest BCUT2D eigenvalue weighted by atomic mass is 16.6. The van der Waals surface area contributed by atoms with Crippen LogP contribution in [0.15, 0.2) is 6.08 Å². The molecule has 0 saturated heterocycles. The maximum Gasteiger partial charge on any atom is 0.314 e. The Morgan fingerprint density at radius 2 is 2.10 bits per heavy atom. The van der Waals surface area contributed by atoms with Crippen molar-refractivity contribution >= 4 is 17.8 Å². The molecule has 0 aliphatic carbocycles. The zero-order valence-corrected chi connectivity index (χ0v) is 12.4. The quantitative estimate of drug-likeness (QED) is 0.483. The number of Topliss-reactive ketones (excluding diaryl/α,β-unsaturated/α-hetero) is 1. The molecule has 0 N–H and O–H groups in total. The van der Waals surface area contributed by atoms with Gasteiger partial charge >= 0.3 is 5.97 Å². The molecule has 5 nitrogen and oxygen atoms in total. The Hall–Kier alpha value is -1.91. The molecule has 5 heteroatoms. The molecule has 0 atom stereocenters. The van der Waals surface area contributed by atoms with Gasteiger partial charge in [-0.15, -0.1) is 0 Å². The van der Waals surface area contributed by atoms with E-state index in [0.717, 1.165) is 18.7 Å². The average molecular weight is 276 g/mol. The van der Waals surface area contributed by atoms with Crippen molar-refractivity contribution in [2.45, 2.75) is 52.7 Å². The predicted octanol–water partition coefficient (Wildman–Crippen LogP) is 2.52. The van der Waals surface area contributed by atoms with E-state index >= 15 is 0 Å². The van der Waals surface area contributed by atoms with Crippen molar-refractivity contribution < 1.29 is 14.3 Å². The first-order valence-electron chi connectivity index (χ1n) is 6.77. The third kappa shape index (κ3) is 3.15. The van der Waals surface area contributed by atoms with Gasteiger partial charge in [-0.3, -0.25) is 14.3 Å². The molecule has 0 spiro atoms. The van der Waals surface area contributed by atoms with E-state index in [0.29, 0.717) is 11.3 Å². The van der Waals surface area contributed by atoms with Gasteiger partial charge in [0.2, 0.25) is 0 Å². The van der Waals surface area contributed by atoms with Crippen molar-refractivity contribution in [3.63, 3.8) is 0 Å². The monoisotopic (exact) mass is 276 g/mol. The van der Waals surface area contributed by atoms with E-state index < -0.39 is 11.6 Å². The van der Waals surface area contributed by atoms with E-state index in [-0.39, 0.29) is 12.2 Å². The summed E-state index contributed by atoms with van der Waals surface area (Å²) in [5, 5.41) is 4.35. The topological polar surface area (TPSA) is 61.2 Å². The molecule has 0 saturated carbocycles. The fourth-order valence-electron chi connectivity index (χ4n) is 2.27. The minimum Gasteiger partial charge on any atom is -0.460 e. The van der Waals surface area contributed by atoms with E-state index in [1.54, 1.807) is 27.7 Å². The van der Waals surface area contributed by atoms with Crippen LogP contribution in [0.25, 0.3) is 6.08 Å². The fraction of sp³-hybridized carbons (Fsp3) is 0.533. The lowest BCUT2D eigenvalue weighted by atomic mass is 10.0. The number of hydrogen-bond donors (Lipinski definition) is 0. The molecule has 0 aromatic carbocycles. The first-order chi connectivity index (χ1) is 9.28. The molecule has 1 aliphatic rings. The summed E-state index contributed by atoms with van der Waals surface area (Å²) < 4.78 is 7.00. The summed E-state index contributed by atoms with van der Waals surface area (Å²) in [5.74, 6) is -0.730. The standard InChI is InChI=1S/C15H20N2O3/c1-10-14(11-7-5-6-8-17(11)16-10)12(18)9-13(19)20-15(2,3)4/h5,7H,6,8-9H2,1-4H3. The minimum atomic E-state index is -0.579. The molecule has 1 aromatic rings. The smallest absolute Gasteiger partial charge is 0.314 e. The number of carbonyl (C=O) groups excluding carboxylic acids is 2. The third-order valence-electron chi connectivity index (χ3n) is 2.95. The van der Waals surface area contributed by atoms with Gasteiger partial charge in [-0.25, -0.2) is 0 Å². The number of esters is 1. The molecule has 0 amide bonds. The SMILES string of the molecule is Cc1nn2c(c1C(=O)CC(=O)OC(C)(C)C)C=CCC2. The average Bonchev–Trinajstić information content (AvgIpc) is 2.61. The summed E-state index contributed by atoms with van der Waals surface area (Å²) in [6.45, 7) is 7.91. The van der Waals surface area contributed by atoms with Gasteiger partial charge in [-0.05, 0) is 40.2 Å². The third-order valence-corrected chi connectivity index (χ3v) is 2.95. The molecule has 1 aliphatic heterocycles. The van der Waals surface area contributed by atoms with Crippen LogP contribution >= 0.6 is 0 Å². The van der Waals surface area contributed by atoms with E-state index in [2.05, 4.69) is 5.10 Å². The number of fused-ring (bicyclic) bond motifs is 1. The van der Waals surface area contributed by atoms with E-state index in [1.807, 2.05) is 16.8 Å². The van der Waals surface area contributed by atoms with Crippen molar-refractivity contribution in [2.24, 2.45) is 0 Å². The molecular weight excluding hydrogens is 256 g/mol. The van der Waals surface area contributed by atoms with Gasteiger partial charge < -0.3 is 4.74 Å². The second-order valence-electron chi connectivity index (χ2n) is 5.95. The molecule has 108 valence electrons. The van der Waals surface area contributed by atoms with Crippen LogP contribution < -0.4 is 0 Å². The summed E-state index contributed by atoms with van der Waals surface area (Å²) in [6, 6.07) is 0.